The first-order chi connectivity index (χ1) is 10.5. The SMILES string of the molecule is CN(C[C@@H]1C[C@H](F)CN1CC(N)=O)C(=O)CCC1CCOC1. The smallest absolute Gasteiger partial charge is 0.231 e. The van der Waals surface area contributed by atoms with Gasteiger partial charge in [-0.1, -0.05) is 0 Å². The molecule has 0 aliphatic carbocycles. The molecule has 2 N–H and O–H groups in total. The molecule has 2 rings (SSSR count). The van der Waals surface area contributed by atoms with E-state index >= 15 is 0 Å². The normalized spacial score (nSPS) is 28.9. The van der Waals surface area contributed by atoms with Crippen LogP contribution in [0.1, 0.15) is 25.7 Å². The van der Waals surface area contributed by atoms with Gasteiger partial charge in [0.1, 0.15) is 6.17 Å². The van der Waals surface area contributed by atoms with Crippen molar-refractivity contribution in [2.45, 2.75) is 37.9 Å². The van der Waals surface area contributed by atoms with Crippen LogP contribution in [0.25, 0.3) is 0 Å². The molecule has 0 bridgehead atoms. The fourth-order valence-corrected chi connectivity index (χ4v) is 3.25. The van der Waals surface area contributed by atoms with E-state index in [-0.39, 0.29) is 25.0 Å². The highest BCUT2D eigenvalue weighted by Crippen LogP contribution is 2.22. The molecule has 7 heteroatoms. The molecule has 22 heavy (non-hydrogen) atoms. The van der Waals surface area contributed by atoms with Gasteiger partial charge >= 0.3 is 0 Å². The van der Waals surface area contributed by atoms with Gasteiger partial charge in [0.05, 0.1) is 6.54 Å². The van der Waals surface area contributed by atoms with Crippen molar-refractivity contribution in [2.75, 3.05) is 39.9 Å². The lowest BCUT2D eigenvalue weighted by atomic mass is 10.0. The Kier molecular flexibility index (Phi) is 6.14. The summed E-state index contributed by atoms with van der Waals surface area (Å²) in [7, 11) is 1.74. The lowest BCUT2D eigenvalue weighted by molar-refractivity contribution is -0.130. The van der Waals surface area contributed by atoms with Crippen LogP contribution >= 0.6 is 0 Å². The van der Waals surface area contributed by atoms with E-state index in [1.165, 1.54) is 0 Å². The molecule has 0 radical (unpaired) electrons. The molecule has 0 aromatic carbocycles. The number of hydrogen-bond acceptors (Lipinski definition) is 4. The molecule has 0 spiro atoms. The van der Waals surface area contributed by atoms with E-state index < -0.39 is 12.1 Å². The van der Waals surface area contributed by atoms with Gasteiger partial charge < -0.3 is 15.4 Å². The van der Waals surface area contributed by atoms with Crippen LogP contribution in [0.5, 0.6) is 0 Å². The summed E-state index contributed by atoms with van der Waals surface area (Å²) in [5, 5.41) is 0. The zero-order valence-corrected chi connectivity index (χ0v) is 13.2. The third kappa shape index (κ3) is 4.91. The topological polar surface area (TPSA) is 75.9 Å². The molecule has 2 heterocycles. The summed E-state index contributed by atoms with van der Waals surface area (Å²) in [6, 6.07) is -0.133. The lowest BCUT2D eigenvalue weighted by Gasteiger charge is -2.27. The van der Waals surface area contributed by atoms with Crippen molar-refractivity contribution in [1.29, 1.82) is 0 Å². The summed E-state index contributed by atoms with van der Waals surface area (Å²) in [4.78, 5) is 26.6. The Bertz CT molecular complexity index is 401. The van der Waals surface area contributed by atoms with E-state index in [4.69, 9.17) is 10.5 Å². The number of carbonyl (C=O) groups is 2. The Morgan fingerprint density at radius 3 is 2.86 bits per heavy atom. The predicted molar refractivity (Wildman–Crippen MR) is 79.9 cm³/mol. The molecular weight excluding hydrogens is 289 g/mol. The van der Waals surface area contributed by atoms with E-state index in [0.717, 1.165) is 26.1 Å². The number of nitrogens with two attached hydrogens (primary N) is 1. The number of primary amides is 1. The standard InChI is InChI=1S/C15H26FN3O3/c1-18(15(21)3-2-11-4-5-22-10-11)8-13-6-12(16)7-19(13)9-14(17)20/h11-13H,2-10H2,1H3,(H2,17,20)/t11?,12-,13-/m0/s1. The van der Waals surface area contributed by atoms with Crippen molar-refractivity contribution in [1.82, 2.24) is 9.80 Å². The monoisotopic (exact) mass is 315 g/mol. The zero-order chi connectivity index (χ0) is 16.1. The minimum Gasteiger partial charge on any atom is -0.381 e. The maximum atomic E-state index is 13.6. The third-order valence-electron chi connectivity index (χ3n) is 4.54. The van der Waals surface area contributed by atoms with E-state index in [1.807, 2.05) is 0 Å². The van der Waals surface area contributed by atoms with Crippen molar-refractivity contribution >= 4 is 11.8 Å². The van der Waals surface area contributed by atoms with Crippen molar-refractivity contribution in [3.63, 3.8) is 0 Å². The molecule has 1 unspecified atom stereocenters. The van der Waals surface area contributed by atoms with Crippen molar-refractivity contribution in [3.8, 4) is 0 Å². The van der Waals surface area contributed by atoms with Gasteiger partial charge in [0, 0.05) is 45.8 Å². The van der Waals surface area contributed by atoms with Gasteiger partial charge in [-0.2, -0.15) is 0 Å². The highest BCUT2D eigenvalue weighted by Gasteiger charge is 2.34. The molecule has 126 valence electrons. The molecule has 6 nitrogen and oxygen atoms in total. The van der Waals surface area contributed by atoms with Gasteiger partial charge in [0.25, 0.3) is 0 Å². The number of rotatable bonds is 7. The summed E-state index contributed by atoms with van der Waals surface area (Å²) in [5.41, 5.74) is 5.19. The number of alkyl halides is 1. The number of halogens is 1. The average molecular weight is 315 g/mol. The molecule has 2 fully saturated rings. The quantitative estimate of drug-likeness (QED) is 0.726. The predicted octanol–water partition coefficient (Wildman–Crippen LogP) is 0.159. The molecule has 3 atom stereocenters. The van der Waals surface area contributed by atoms with Crippen LogP contribution in [-0.2, 0) is 14.3 Å². The van der Waals surface area contributed by atoms with Crippen LogP contribution in [0.4, 0.5) is 4.39 Å². The first kappa shape index (κ1) is 17.1. The Labute approximate surface area is 130 Å². The highest BCUT2D eigenvalue weighted by atomic mass is 19.1. The summed E-state index contributed by atoms with van der Waals surface area (Å²) >= 11 is 0. The second-order valence-electron chi connectivity index (χ2n) is 6.43. The van der Waals surface area contributed by atoms with Gasteiger partial charge in [0.15, 0.2) is 0 Å². The second-order valence-corrected chi connectivity index (χ2v) is 6.43. The van der Waals surface area contributed by atoms with Gasteiger partial charge in [-0.05, 0) is 25.2 Å². The average Bonchev–Trinajstić information content (AvgIpc) is 3.06. The van der Waals surface area contributed by atoms with Gasteiger partial charge in [-0.15, -0.1) is 0 Å². The molecular formula is C15H26FN3O3. The number of amides is 2. The highest BCUT2D eigenvalue weighted by molar-refractivity contribution is 5.76. The molecule has 0 saturated carbocycles. The molecule has 0 aromatic heterocycles. The first-order valence-electron chi connectivity index (χ1n) is 7.94. The fourth-order valence-electron chi connectivity index (χ4n) is 3.25. The summed E-state index contributed by atoms with van der Waals surface area (Å²) in [5.74, 6) is 0.0768. The van der Waals surface area contributed by atoms with Crippen LogP contribution in [0.15, 0.2) is 0 Å². The van der Waals surface area contributed by atoms with Crippen LogP contribution in [0.3, 0.4) is 0 Å². The minimum absolute atomic E-state index is 0.0481. The van der Waals surface area contributed by atoms with E-state index in [2.05, 4.69) is 0 Å². The number of likely N-dealkylation sites (N-methyl/N-ethyl adjacent to an activating group) is 1. The van der Waals surface area contributed by atoms with Crippen molar-refractivity contribution < 1.29 is 18.7 Å². The summed E-state index contributed by atoms with van der Waals surface area (Å²) in [6.45, 7) is 2.24. The van der Waals surface area contributed by atoms with E-state index in [9.17, 15) is 14.0 Å². The lowest BCUT2D eigenvalue weighted by Crippen LogP contribution is -2.44. The van der Waals surface area contributed by atoms with E-state index in [0.29, 0.717) is 25.3 Å². The van der Waals surface area contributed by atoms with Gasteiger partial charge in [-0.25, -0.2) is 4.39 Å². The third-order valence-corrected chi connectivity index (χ3v) is 4.54. The molecule has 0 aromatic rings. The maximum absolute atomic E-state index is 13.6. The van der Waals surface area contributed by atoms with Gasteiger partial charge in [-0.3, -0.25) is 14.5 Å². The number of nitrogens with zero attached hydrogens (tertiary/aromatic N) is 2. The zero-order valence-electron chi connectivity index (χ0n) is 13.2. The summed E-state index contributed by atoms with van der Waals surface area (Å²) < 4.78 is 18.9. The second kappa shape index (κ2) is 7.87. The molecule has 2 amide bonds. The minimum atomic E-state index is -0.955. The molecule has 2 saturated heterocycles. The number of ether oxygens (including phenoxy) is 1. The van der Waals surface area contributed by atoms with Crippen LogP contribution in [0, 0.1) is 5.92 Å². The largest absolute Gasteiger partial charge is 0.381 e. The van der Waals surface area contributed by atoms with Gasteiger partial charge in [0.2, 0.25) is 11.8 Å². The van der Waals surface area contributed by atoms with Crippen LogP contribution in [0.2, 0.25) is 0 Å². The summed E-state index contributed by atoms with van der Waals surface area (Å²) in [6.07, 6.45) is 1.75. The molecule has 2 aliphatic rings. The number of hydrogen-bond donors (Lipinski definition) is 1. The van der Waals surface area contributed by atoms with Crippen molar-refractivity contribution in [2.24, 2.45) is 11.7 Å². The Hall–Kier alpha value is -1.21. The number of carbonyl (C=O) groups excluding carboxylic acids is 2. The van der Waals surface area contributed by atoms with E-state index in [1.54, 1.807) is 16.8 Å². The number of likely N-dealkylation sites (tertiary alicyclic amines) is 1. The van der Waals surface area contributed by atoms with Crippen molar-refractivity contribution in [3.05, 3.63) is 0 Å². The first-order valence-corrected chi connectivity index (χ1v) is 7.94. The Balaban J connectivity index is 1.77. The Morgan fingerprint density at radius 2 is 2.23 bits per heavy atom. The van der Waals surface area contributed by atoms with Crippen LogP contribution in [-0.4, -0.2) is 73.7 Å². The van der Waals surface area contributed by atoms with Crippen LogP contribution < -0.4 is 5.73 Å². The Morgan fingerprint density at radius 1 is 1.45 bits per heavy atom. The molecule has 2 aliphatic heterocycles. The maximum Gasteiger partial charge on any atom is 0.231 e. The fraction of sp³-hybridized carbons (Fsp3) is 0.867.